The van der Waals surface area contributed by atoms with Crippen LogP contribution in [0.5, 0.6) is 0 Å². The predicted molar refractivity (Wildman–Crippen MR) is 62.7 cm³/mol. The van der Waals surface area contributed by atoms with Crippen molar-refractivity contribution in [3.63, 3.8) is 0 Å². The van der Waals surface area contributed by atoms with Crippen molar-refractivity contribution in [1.82, 2.24) is 19.5 Å². The largest absolute Gasteiger partial charge is 0.394 e. The maximum Gasteiger partial charge on any atom is 0.167 e. The van der Waals surface area contributed by atoms with Crippen LogP contribution in [-0.2, 0) is 4.74 Å². The number of imidazole rings is 1. The zero-order valence-electron chi connectivity index (χ0n) is 9.79. The molecule has 0 radical (unpaired) electrons. The minimum absolute atomic E-state index is 0.218. The molecule has 19 heavy (non-hydrogen) atoms. The van der Waals surface area contributed by atoms with Crippen LogP contribution >= 0.6 is 0 Å². The average molecular weight is 267 g/mol. The number of aliphatic hydroxyl groups is 3. The molecule has 1 fully saturated rings. The van der Waals surface area contributed by atoms with Gasteiger partial charge >= 0.3 is 0 Å². The molecule has 2 aromatic rings. The van der Waals surface area contributed by atoms with Crippen LogP contribution in [0.25, 0.3) is 11.2 Å². The number of nitrogens with two attached hydrogens (primary N) is 1. The molecule has 2 aromatic heterocycles. The van der Waals surface area contributed by atoms with E-state index in [1.54, 1.807) is 0 Å². The van der Waals surface area contributed by atoms with Crippen LogP contribution in [0.1, 0.15) is 6.23 Å². The van der Waals surface area contributed by atoms with Crippen LogP contribution in [0, 0.1) is 0 Å². The summed E-state index contributed by atoms with van der Waals surface area (Å²) in [4.78, 5) is 11.9. The summed E-state index contributed by atoms with van der Waals surface area (Å²) < 4.78 is 6.85. The van der Waals surface area contributed by atoms with Crippen molar-refractivity contribution >= 4 is 17.0 Å². The quantitative estimate of drug-likeness (QED) is 0.491. The Kier molecular flexibility index (Phi) is 2.82. The van der Waals surface area contributed by atoms with Crippen molar-refractivity contribution in [2.24, 2.45) is 0 Å². The second kappa shape index (κ2) is 4.38. The number of rotatable bonds is 2. The third-order valence-corrected chi connectivity index (χ3v) is 3.18. The lowest BCUT2D eigenvalue weighted by molar-refractivity contribution is -0.0511. The summed E-state index contributed by atoms with van der Waals surface area (Å²) in [6.45, 7) is -0.390. The molecule has 9 nitrogen and oxygen atoms in total. The molecule has 0 bridgehead atoms. The fraction of sp³-hybridized carbons (Fsp3) is 0.500. The molecular formula is C10H13N5O4. The van der Waals surface area contributed by atoms with Gasteiger partial charge in [0.25, 0.3) is 0 Å². The van der Waals surface area contributed by atoms with E-state index in [4.69, 9.17) is 15.6 Å². The molecule has 1 aliphatic rings. The van der Waals surface area contributed by atoms with E-state index in [1.165, 1.54) is 17.2 Å². The number of hydrogen-bond donors (Lipinski definition) is 4. The highest BCUT2D eigenvalue weighted by Crippen LogP contribution is 2.31. The molecule has 0 amide bonds. The molecule has 0 spiro atoms. The van der Waals surface area contributed by atoms with E-state index in [1.807, 2.05) is 0 Å². The Morgan fingerprint density at radius 1 is 1.26 bits per heavy atom. The van der Waals surface area contributed by atoms with Gasteiger partial charge in [-0.15, -0.1) is 0 Å². The highest BCUT2D eigenvalue weighted by molar-refractivity contribution is 5.81. The lowest BCUT2D eigenvalue weighted by Gasteiger charge is -2.16. The third kappa shape index (κ3) is 1.75. The van der Waals surface area contributed by atoms with Gasteiger partial charge in [-0.2, -0.15) is 0 Å². The van der Waals surface area contributed by atoms with E-state index < -0.39 is 31.1 Å². The van der Waals surface area contributed by atoms with Crippen molar-refractivity contribution in [2.45, 2.75) is 24.5 Å². The summed E-state index contributed by atoms with van der Waals surface area (Å²) in [5, 5.41) is 28.7. The number of ether oxygens (including phenoxy) is 1. The van der Waals surface area contributed by atoms with Crippen molar-refractivity contribution in [1.29, 1.82) is 0 Å². The zero-order valence-corrected chi connectivity index (χ0v) is 9.79. The average Bonchev–Trinajstić information content (AvgIpc) is 2.94. The Bertz CT molecular complexity index is 603. The van der Waals surface area contributed by atoms with Gasteiger partial charge in [-0.1, -0.05) is 0 Å². The maximum atomic E-state index is 9.95. The summed E-state index contributed by atoms with van der Waals surface area (Å²) in [7, 11) is 0. The molecule has 3 rings (SSSR count). The molecule has 1 saturated heterocycles. The van der Waals surface area contributed by atoms with Gasteiger partial charge < -0.3 is 25.8 Å². The van der Waals surface area contributed by atoms with Gasteiger partial charge in [0.1, 0.15) is 30.2 Å². The standard InChI is InChI=1S/C10H13N5O4/c11-8-5-9(13-2-12-8)15(3-14-5)10-7(18)6(17)4(1-16)19-10/h2-4,6-7,10,16-18H,1H2,(H2,11,12,13)/t4-,6-,7-,10?/m1/s1. The van der Waals surface area contributed by atoms with Gasteiger partial charge in [-0.05, 0) is 0 Å². The van der Waals surface area contributed by atoms with E-state index in [0.717, 1.165) is 0 Å². The van der Waals surface area contributed by atoms with Crippen molar-refractivity contribution in [3.05, 3.63) is 12.7 Å². The van der Waals surface area contributed by atoms with Crippen molar-refractivity contribution in [2.75, 3.05) is 12.3 Å². The van der Waals surface area contributed by atoms with E-state index in [2.05, 4.69) is 15.0 Å². The third-order valence-electron chi connectivity index (χ3n) is 3.18. The van der Waals surface area contributed by atoms with Gasteiger partial charge in [0.05, 0.1) is 12.9 Å². The van der Waals surface area contributed by atoms with Crippen LogP contribution in [0.15, 0.2) is 12.7 Å². The summed E-state index contributed by atoms with van der Waals surface area (Å²) in [5.41, 5.74) is 6.44. The lowest BCUT2D eigenvalue weighted by atomic mass is 10.1. The number of hydrogen-bond acceptors (Lipinski definition) is 8. The van der Waals surface area contributed by atoms with Gasteiger partial charge in [0.2, 0.25) is 0 Å². The van der Waals surface area contributed by atoms with Crippen LogP contribution in [-0.4, -0.2) is 59.8 Å². The topological polar surface area (TPSA) is 140 Å². The Hall–Kier alpha value is -1.81. The summed E-state index contributed by atoms with van der Waals surface area (Å²) >= 11 is 0. The van der Waals surface area contributed by atoms with Gasteiger partial charge in [-0.3, -0.25) is 4.57 Å². The Morgan fingerprint density at radius 2 is 2.05 bits per heavy atom. The fourth-order valence-corrected chi connectivity index (χ4v) is 2.17. The number of fused-ring (bicyclic) bond motifs is 1. The second-order valence-corrected chi connectivity index (χ2v) is 4.31. The SMILES string of the molecule is Nc1ncnc2c1ncn2C1O[C@H](CO)[C@@H](O)[C@H]1O. The minimum Gasteiger partial charge on any atom is -0.394 e. The molecule has 0 saturated carbocycles. The molecular weight excluding hydrogens is 254 g/mol. The highest BCUT2D eigenvalue weighted by atomic mass is 16.6. The fourth-order valence-electron chi connectivity index (χ4n) is 2.17. The molecule has 9 heteroatoms. The number of anilines is 1. The Balaban J connectivity index is 2.04. The van der Waals surface area contributed by atoms with Crippen LogP contribution < -0.4 is 5.73 Å². The van der Waals surface area contributed by atoms with Gasteiger partial charge in [-0.25, -0.2) is 15.0 Å². The van der Waals surface area contributed by atoms with Gasteiger partial charge in [0.15, 0.2) is 17.7 Å². The molecule has 0 aliphatic carbocycles. The number of aromatic nitrogens is 4. The number of nitrogen functional groups attached to an aromatic ring is 1. The Labute approximate surface area is 107 Å². The summed E-state index contributed by atoms with van der Waals surface area (Å²) in [5.74, 6) is 0.218. The first-order valence-corrected chi connectivity index (χ1v) is 5.69. The number of aliphatic hydroxyl groups excluding tert-OH is 3. The van der Waals surface area contributed by atoms with E-state index >= 15 is 0 Å². The predicted octanol–water partition coefficient (Wildman–Crippen LogP) is -1.98. The zero-order chi connectivity index (χ0) is 13.6. The van der Waals surface area contributed by atoms with Crippen LogP contribution in [0.3, 0.4) is 0 Å². The summed E-state index contributed by atoms with van der Waals surface area (Å²) in [6, 6.07) is 0. The van der Waals surface area contributed by atoms with Gasteiger partial charge in [0, 0.05) is 0 Å². The van der Waals surface area contributed by atoms with E-state index in [0.29, 0.717) is 11.2 Å². The molecule has 4 atom stereocenters. The van der Waals surface area contributed by atoms with Crippen molar-refractivity contribution < 1.29 is 20.1 Å². The van der Waals surface area contributed by atoms with Crippen LogP contribution in [0.2, 0.25) is 0 Å². The van der Waals surface area contributed by atoms with E-state index in [9.17, 15) is 10.2 Å². The lowest BCUT2D eigenvalue weighted by Crippen LogP contribution is -2.33. The van der Waals surface area contributed by atoms with E-state index in [-0.39, 0.29) is 5.82 Å². The number of nitrogens with zero attached hydrogens (tertiary/aromatic N) is 4. The summed E-state index contributed by atoms with van der Waals surface area (Å²) in [6.07, 6.45) is -1.42. The maximum absolute atomic E-state index is 9.95. The molecule has 1 aliphatic heterocycles. The molecule has 1 unspecified atom stereocenters. The monoisotopic (exact) mass is 267 g/mol. The molecule has 102 valence electrons. The first kappa shape index (κ1) is 12.2. The smallest absolute Gasteiger partial charge is 0.167 e. The minimum atomic E-state index is -1.19. The first-order valence-electron chi connectivity index (χ1n) is 5.69. The highest BCUT2D eigenvalue weighted by Gasteiger charge is 2.43. The molecule has 5 N–H and O–H groups in total. The normalized spacial score (nSPS) is 31.1. The Morgan fingerprint density at radius 3 is 2.74 bits per heavy atom. The van der Waals surface area contributed by atoms with Crippen LogP contribution in [0.4, 0.5) is 5.82 Å². The second-order valence-electron chi connectivity index (χ2n) is 4.31. The molecule has 3 heterocycles. The first-order chi connectivity index (χ1) is 9.13. The van der Waals surface area contributed by atoms with Crippen molar-refractivity contribution in [3.8, 4) is 0 Å². The molecule has 0 aromatic carbocycles.